The molecule has 1 fully saturated rings. The number of ether oxygens (including phenoxy) is 2. The molecule has 0 saturated carbocycles. The van der Waals surface area contributed by atoms with Crippen molar-refractivity contribution in [2.24, 2.45) is 0 Å². The number of benzene rings is 1. The maximum Gasteiger partial charge on any atom is 0.252 e. The normalized spacial score (nSPS) is 20.0. The van der Waals surface area contributed by atoms with E-state index in [4.69, 9.17) is 9.47 Å². The first-order valence-corrected chi connectivity index (χ1v) is 9.04. The van der Waals surface area contributed by atoms with Crippen LogP contribution in [0.15, 0.2) is 30.6 Å². The van der Waals surface area contributed by atoms with Crippen LogP contribution in [-0.4, -0.2) is 44.4 Å². The van der Waals surface area contributed by atoms with Crippen LogP contribution in [0.25, 0.3) is 5.78 Å². The van der Waals surface area contributed by atoms with Crippen LogP contribution in [-0.2, 0) is 6.54 Å². The Balaban J connectivity index is 1.37. The Morgan fingerprint density at radius 3 is 3.08 bits per heavy atom. The zero-order chi connectivity index (χ0) is 17.5. The van der Waals surface area contributed by atoms with Crippen molar-refractivity contribution in [1.82, 2.24) is 24.5 Å². The van der Waals surface area contributed by atoms with E-state index in [1.807, 2.05) is 17.5 Å². The van der Waals surface area contributed by atoms with Gasteiger partial charge in [-0.3, -0.25) is 4.90 Å². The molecule has 0 N–H and O–H groups in total. The van der Waals surface area contributed by atoms with Crippen LogP contribution >= 0.6 is 0 Å². The molecule has 1 saturated heterocycles. The average molecular weight is 351 g/mol. The molecular formula is C19H21N5O2. The zero-order valence-corrected chi connectivity index (χ0v) is 14.8. The Bertz CT molecular complexity index is 954. The molecule has 0 bridgehead atoms. The van der Waals surface area contributed by atoms with Gasteiger partial charge >= 0.3 is 0 Å². The van der Waals surface area contributed by atoms with Crippen molar-refractivity contribution in [3.63, 3.8) is 0 Å². The summed E-state index contributed by atoms with van der Waals surface area (Å²) in [7, 11) is 0. The van der Waals surface area contributed by atoms with E-state index < -0.39 is 0 Å². The summed E-state index contributed by atoms with van der Waals surface area (Å²) in [6.45, 7) is 5.37. The van der Waals surface area contributed by atoms with Crippen molar-refractivity contribution in [3.05, 3.63) is 47.5 Å². The van der Waals surface area contributed by atoms with Crippen LogP contribution in [0.4, 0.5) is 0 Å². The van der Waals surface area contributed by atoms with Gasteiger partial charge in [-0.25, -0.2) is 9.50 Å². The number of hydrogen-bond donors (Lipinski definition) is 0. The third-order valence-corrected chi connectivity index (χ3v) is 5.17. The zero-order valence-electron chi connectivity index (χ0n) is 14.8. The van der Waals surface area contributed by atoms with E-state index in [0.717, 1.165) is 43.2 Å². The summed E-state index contributed by atoms with van der Waals surface area (Å²) >= 11 is 0. The summed E-state index contributed by atoms with van der Waals surface area (Å²) in [5.74, 6) is 2.81. The molecule has 7 nitrogen and oxygen atoms in total. The number of aryl methyl sites for hydroxylation is 1. The van der Waals surface area contributed by atoms with Gasteiger partial charge in [0.15, 0.2) is 11.5 Å². The van der Waals surface area contributed by atoms with Gasteiger partial charge in [-0.1, -0.05) is 6.07 Å². The van der Waals surface area contributed by atoms with Crippen molar-refractivity contribution in [3.8, 4) is 11.5 Å². The fraction of sp³-hybridized carbons (Fsp3) is 0.421. The third kappa shape index (κ3) is 2.78. The topological polar surface area (TPSA) is 64.8 Å². The predicted molar refractivity (Wildman–Crippen MR) is 95.3 cm³/mol. The molecule has 1 atom stereocenters. The summed E-state index contributed by atoms with van der Waals surface area (Å²) < 4.78 is 12.8. The lowest BCUT2D eigenvalue weighted by molar-refractivity contribution is 0.173. The third-order valence-electron chi connectivity index (χ3n) is 5.17. The van der Waals surface area contributed by atoms with E-state index in [-0.39, 0.29) is 0 Å². The second-order valence-corrected chi connectivity index (χ2v) is 7.06. The molecule has 134 valence electrons. The second kappa shape index (κ2) is 6.25. The summed E-state index contributed by atoms with van der Waals surface area (Å²) in [4.78, 5) is 11.2. The Labute approximate surface area is 151 Å². The lowest BCUT2D eigenvalue weighted by Gasteiger charge is -2.33. The number of fused-ring (bicyclic) bond motifs is 2. The van der Waals surface area contributed by atoms with Gasteiger partial charge in [-0.2, -0.15) is 10.1 Å². The van der Waals surface area contributed by atoms with Crippen molar-refractivity contribution < 1.29 is 9.47 Å². The van der Waals surface area contributed by atoms with Gasteiger partial charge in [0.1, 0.15) is 6.33 Å². The van der Waals surface area contributed by atoms with Gasteiger partial charge < -0.3 is 9.47 Å². The number of aromatic nitrogens is 4. The van der Waals surface area contributed by atoms with Crippen molar-refractivity contribution >= 4 is 5.78 Å². The summed E-state index contributed by atoms with van der Waals surface area (Å²) in [6, 6.07) is 8.38. The van der Waals surface area contributed by atoms with Crippen molar-refractivity contribution in [1.29, 1.82) is 0 Å². The Morgan fingerprint density at radius 1 is 1.19 bits per heavy atom. The monoisotopic (exact) mass is 351 g/mol. The molecule has 0 radical (unpaired) electrons. The van der Waals surface area contributed by atoms with E-state index in [2.05, 4.69) is 38.2 Å². The summed E-state index contributed by atoms with van der Waals surface area (Å²) in [5, 5.41) is 4.38. The molecule has 4 heterocycles. The minimum Gasteiger partial charge on any atom is -0.454 e. The van der Waals surface area contributed by atoms with E-state index in [1.54, 1.807) is 6.33 Å². The van der Waals surface area contributed by atoms with Crippen molar-refractivity contribution in [2.75, 3.05) is 19.9 Å². The van der Waals surface area contributed by atoms with E-state index >= 15 is 0 Å². The van der Waals surface area contributed by atoms with Crippen LogP contribution in [0.2, 0.25) is 0 Å². The lowest BCUT2D eigenvalue weighted by atomic mass is 9.93. The Hall–Kier alpha value is -2.67. The molecule has 3 aromatic rings. The van der Waals surface area contributed by atoms with Gasteiger partial charge in [0, 0.05) is 24.7 Å². The molecule has 2 aromatic heterocycles. The van der Waals surface area contributed by atoms with Crippen LogP contribution < -0.4 is 9.47 Å². The average Bonchev–Trinajstić information content (AvgIpc) is 3.29. The molecule has 26 heavy (non-hydrogen) atoms. The Morgan fingerprint density at radius 2 is 2.12 bits per heavy atom. The molecule has 0 spiro atoms. The smallest absolute Gasteiger partial charge is 0.252 e. The maximum atomic E-state index is 5.50. The summed E-state index contributed by atoms with van der Waals surface area (Å²) in [6.07, 6.45) is 3.92. The molecule has 7 heteroatoms. The van der Waals surface area contributed by atoms with Crippen LogP contribution in [0.1, 0.15) is 35.7 Å². The first kappa shape index (κ1) is 15.6. The molecule has 5 rings (SSSR count). The van der Waals surface area contributed by atoms with E-state index in [9.17, 15) is 0 Å². The molecule has 2 aliphatic rings. The number of hydrogen-bond acceptors (Lipinski definition) is 6. The maximum absolute atomic E-state index is 5.50. The van der Waals surface area contributed by atoms with Gasteiger partial charge in [0.2, 0.25) is 6.79 Å². The predicted octanol–water partition coefficient (Wildman–Crippen LogP) is 2.54. The number of rotatable bonds is 3. The number of piperidine rings is 1. The second-order valence-electron chi connectivity index (χ2n) is 7.06. The highest BCUT2D eigenvalue weighted by atomic mass is 16.7. The lowest BCUT2D eigenvalue weighted by Crippen LogP contribution is -2.34. The molecule has 0 aliphatic carbocycles. The van der Waals surface area contributed by atoms with Crippen LogP contribution in [0.3, 0.4) is 0 Å². The van der Waals surface area contributed by atoms with Crippen LogP contribution in [0, 0.1) is 6.92 Å². The van der Waals surface area contributed by atoms with E-state index in [0.29, 0.717) is 18.5 Å². The van der Waals surface area contributed by atoms with Gasteiger partial charge in [0.05, 0.1) is 5.69 Å². The van der Waals surface area contributed by atoms with E-state index in [1.165, 1.54) is 17.7 Å². The first-order chi connectivity index (χ1) is 12.8. The standard InChI is InChI=1S/C19H21N5O2/c1-13-7-16(24-19(22-13)20-11-21-24)15-3-2-6-23(10-15)9-14-4-5-17-18(8-14)26-12-25-17/h4-5,7-8,11,15H,2-3,6,9-10,12H2,1H3. The molecule has 2 aliphatic heterocycles. The molecule has 1 aromatic carbocycles. The van der Waals surface area contributed by atoms with Crippen molar-refractivity contribution in [2.45, 2.75) is 32.2 Å². The highest BCUT2D eigenvalue weighted by molar-refractivity contribution is 5.44. The van der Waals surface area contributed by atoms with Gasteiger partial charge in [0.25, 0.3) is 5.78 Å². The number of nitrogens with zero attached hydrogens (tertiary/aromatic N) is 5. The molecular weight excluding hydrogens is 330 g/mol. The highest BCUT2D eigenvalue weighted by Gasteiger charge is 2.25. The molecule has 0 amide bonds. The fourth-order valence-corrected chi connectivity index (χ4v) is 3.99. The Kier molecular flexibility index (Phi) is 3.74. The van der Waals surface area contributed by atoms with Gasteiger partial charge in [-0.05, 0) is 50.1 Å². The van der Waals surface area contributed by atoms with Gasteiger partial charge in [-0.15, -0.1) is 0 Å². The first-order valence-electron chi connectivity index (χ1n) is 9.04. The number of likely N-dealkylation sites (tertiary alicyclic amines) is 1. The summed E-state index contributed by atoms with van der Waals surface area (Å²) in [5.41, 5.74) is 3.46. The SMILES string of the molecule is Cc1cc(C2CCCN(Cc3ccc4c(c3)OCO4)C2)n2ncnc2n1. The highest BCUT2D eigenvalue weighted by Crippen LogP contribution is 2.34. The molecule has 1 unspecified atom stereocenters. The minimum atomic E-state index is 0.319. The largest absolute Gasteiger partial charge is 0.454 e. The fourth-order valence-electron chi connectivity index (χ4n) is 3.99. The quantitative estimate of drug-likeness (QED) is 0.722. The van der Waals surface area contributed by atoms with Crippen LogP contribution in [0.5, 0.6) is 11.5 Å². The minimum absolute atomic E-state index is 0.319.